The molecule has 4 heteroatoms. The Hall–Kier alpha value is -3.34. The van der Waals surface area contributed by atoms with E-state index < -0.39 is 12.5 Å². The Bertz CT molecular complexity index is 1110. The topological polar surface area (TPSA) is 49.7 Å². The normalized spacial score (nSPS) is 13.7. The van der Waals surface area contributed by atoms with Gasteiger partial charge < -0.3 is 14.8 Å². The van der Waals surface area contributed by atoms with Crippen LogP contribution in [0.3, 0.4) is 0 Å². The maximum absolute atomic E-state index is 9.56. The summed E-state index contributed by atoms with van der Waals surface area (Å²) in [6.07, 6.45) is 0. The molecule has 0 radical (unpaired) electrons. The van der Waals surface area contributed by atoms with Crippen molar-refractivity contribution in [3.05, 3.63) is 125 Å². The molecule has 5 rings (SSSR count). The van der Waals surface area contributed by atoms with E-state index in [0.717, 1.165) is 33.8 Å². The minimum absolute atomic E-state index is 0.464. The van der Waals surface area contributed by atoms with Crippen molar-refractivity contribution in [3.8, 4) is 11.5 Å². The van der Waals surface area contributed by atoms with Gasteiger partial charge in [0.25, 0.3) is 0 Å². The highest BCUT2D eigenvalue weighted by atomic mass is 16.5. The summed E-state index contributed by atoms with van der Waals surface area (Å²) in [5.74, 6) is 1.64. The van der Waals surface area contributed by atoms with Crippen molar-refractivity contribution >= 4 is 12.6 Å². The van der Waals surface area contributed by atoms with Gasteiger partial charge in [-0.15, -0.1) is 0 Å². The van der Waals surface area contributed by atoms with Crippen LogP contribution in [0.15, 0.2) is 103 Å². The van der Waals surface area contributed by atoms with Gasteiger partial charge in [0.2, 0.25) is 0 Å². The summed E-state index contributed by atoms with van der Waals surface area (Å²) in [5, 5.41) is 19.1. The highest BCUT2D eigenvalue weighted by Gasteiger charge is 2.45. The van der Waals surface area contributed by atoms with Gasteiger partial charge in [-0.1, -0.05) is 91.0 Å². The number of ether oxygens (including phenoxy) is 1. The average Bonchev–Trinajstić information content (AvgIpc) is 2.78. The molecule has 140 valence electrons. The molecule has 0 saturated carbocycles. The zero-order valence-electron chi connectivity index (χ0n) is 15.7. The Morgan fingerprint density at radius 2 is 1.03 bits per heavy atom. The maximum atomic E-state index is 9.56. The standard InChI is InChI=1S/C25H19BO3/c27-26(28)20-16-14-19(15-17-20)25(18-8-2-1-3-9-18)21-10-4-6-12-23(21)29-24-13-7-5-11-22(24)25/h1-17,27-28H. The molecule has 4 aromatic carbocycles. The third-order valence-corrected chi connectivity index (χ3v) is 5.65. The molecule has 0 aliphatic carbocycles. The second-order valence-corrected chi connectivity index (χ2v) is 7.21. The van der Waals surface area contributed by atoms with E-state index in [1.807, 2.05) is 66.7 Å². The third kappa shape index (κ3) is 2.69. The summed E-state index contributed by atoms with van der Waals surface area (Å²) in [5.41, 5.74) is 4.16. The Morgan fingerprint density at radius 1 is 0.552 bits per heavy atom. The predicted octanol–water partition coefficient (Wildman–Crippen LogP) is 3.85. The zero-order chi connectivity index (χ0) is 19.8. The molecule has 4 aromatic rings. The van der Waals surface area contributed by atoms with Gasteiger partial charge >= 0.3 is 7.12 Å². The predicted molar refractivity (Wildman–Crippen MR) is 115 cm³/mol. The Morgan fingerprint density at radius 3 is 1.59 bits per heavy atom. The molecule has 0 bridgehead atoms. The first-order valence-corrected chi connectivity index (χ1v) is 9.60. The van der Waals surface area contributed by atoms with Gasteiger partial charge in [-0.3, -0.25) is 0 Å². The van der Waals surface area contributed by atoms with Crippen LogP contribution in [0.5, 0.6) is 11.5 Å². The number of fused-ring (bicyclic) bond motifs is 2. The van der Waals surface area contributed by atoms with Gasteiger partial charge in [0.1, 0.15) is 11.5 Å². The summed E-state index contributed by atoms with van der Waals surface area (Å²) in [6.45, 7) is 0. The van der Waals surface area contributed by atoms with E-state index in [9.17, 15) is 10.0 Å². The number of para-hydroxylation sites is 2. The molecule has 0 atom stereocenters. The van der Waals surface area contributed by atoms with Crippen molar-refractivity contribution in [1.29, 1.82) is 0 Å². The monoisotopic (exact) mass is 378 g/mol. The first kappa shape index (κ1) is 17.7. The van der Waals surface area contributed by atoms with Crippen LogP contribution in [0.2, 0.25) is 0 Å². The zero-order valence-corrected chi connectivity index (χ0v) is 15.7. The number of benzene rings is 4. The van der Waals surface area contributed by atoms with Crippen LogP contribution in [-0.2, 0) is 5.41 Å². The highest BCUT2D eigenvalue weighted by Crippen LogP contribution is 2.54. The molecule has 29 heavy (non-hydrogen) atoms. The highest BCUT2D eigenvalue weighted by molar-refractivity contribution is 6.58. The summed E-state index contributed by atoms with van der Waals surface area (Å²) in [4.78, 5) is 0. The lowest BCUT2D eigenvalue weighted by atomic mass is 9.63. The van der Waals surface area contributed by atoms with Crippen LogP contribution in [-0.4, -0.2) is 17.2 Å². The van der Waals surface area contributed by atoms with Crippen molar-refractivity contribution in [2.45, 2.75) is 5.41 Å². The molecule has 0 spiro atoms. The number of hydrogen-bond acceptors (Lipinski definition) is 3. The molecule has 0 saturated heterocycles. The van der Waals surface area contributed by atoms with Crippen LogP contribution in [0.25, 0.3) is 0 Å². The SMILES string of the molecule is OB(O)c1ccc(C2(c3ccccc3)c3ccccc3Oc3ccccc32)cc1. The minimum atomic E-state index is -1.49. The molecule has 1 heterocycles. The second-order valence-electron chi connectivity index (χ2n) is 7.21. The lowest BCUT2D eigenvalue weighted by Gasteiger charge is -2.41. The first-order valence-electron chi connectivity index (χ1n) is 9.60. The van der Waals surface area contributed by atoms with Crippen molar-refractivity contribution in [2.75, 3.05) is 0 Å². The number of rotatable bonds is 3. The molecule has 0 aromatic heterocycles. The summed E-state index contributed by atoms with van der Waals surface area (Å²) >= 11 is 0. The van der Waals surface area contributed by atoms with Gasteiger partial charge in [-0.25, -0.2) is 0 Å². The minimum Gasteiger partial charge on any atom is -0.457 e. The quantitative estimate of drug-likeness (QED) is 0.469. The van der Waals surface area contributed by atoms with Gasteiger partial charge in [0.15, 0.2) is 0 Å². The lowest BCUT2D eigenvalue weighted by Crippen LogP contribution is -2.35. The van der Waals surface area contributed by atoms with Crippen LogP contribution in [0, 0.1) is 0 Å². The van der Waals surface area contributed by atoms with Gasteiger partial charge in [-0.05, 0) is 28.7 Å². The van der Waals surface area contributed by atoms with E-state index in [-0.39, 0.29) is 0 Å². The lowest BCUT2D eigenvalue weighted by molar-refractivity contribution is 0.425. The van der Waals surface area contributed by atoms with Crippen LogP contribution in [0.4, 0.5) is 0 Å². The molecule has 0 amide bonds. The first-order chi connectivity index (χ1) is 14.2. The van der Waals surface area contributed by atoms with E-state index >= 15 is 0 Å². The largest absolute Gasteiger partial charge is 0.488 e. The van der Waals surface area contributed by atoms with Gasteiger partial charge in [0, 0.05) is 11.1 Å². The smallest absolute Gasteiger partial charge is 0.457 e. The summed E-state index contributed by atoms with van der Waals surface area (Å²) in [6, 6.07) is 34.1. The fourth-order valence-corrected chi connectivity index (χ4v) is 4.38. The molecule has 2 N–H and O–H groups in total. The Labute approximate surface area is 170 Å². The fraction of sp³-hybridized carbons (Fsp3) is 0.0400. The number of hydrogen-bond donors (Lipinski definition) is 2. The molecule has 0 unspecified atom stereocenters. The van der Waals surface area contributed by atoms with Gasteiger partial charge in [-0.2, -0.15) is 0 Å². The summed E-state index contributed by atoms with van der Waals surface area (Å²) in [7, 11) is -1.49. The van der Waals surface area contributed by atoms with E-state index in [2.05, 4.69) is 24.3 Å². The molecule has 3 nitrogen and oxygen atoms in total. The molecule has 0 fully saturated rings. The van der Waals surface area contributed by atoms with Crippen molar-refractivity contribution in [1.82, 2.24) is 0 Å². The molecule has 1 aliphatic rings. The third-order valence-electron chi connectivity index (χ3n) is 5.65. The Balaban J connectivity index is 1.89. The van der Waals surface area contributed by atoms with Crippen molar-refractivity contribution in [3.63, 3.8) is 0 Å². The second kappa shape index (κ2) is 6.92. The maximum Gasteiger partial charge on any atom is 0.488 e. The van der Waals surface area contributed by atoms with E-state index in [4.69, 9.17) is 4.74 Å². The van der Waals surface area contributed by atoms with Crippen LogP contribution in [0.1, 0.15) is 22.3 Å². The van der Waals surface area contributed by atoms with E-state index in [0.29, 0.717) is 5.46 Å². The fourth-order valence-electron chi connectivity index (χ4n) is 4.38. The Kier molecular flexibility index (Phi) is 4.24. The van der Waals surface area contributed by atoms with Gasteiger partial charge in [0.05, 0.1) is 5.41 Å². The molecule has 1 aliphatic heterocycles. The van der Waals surface area contributed by atoms with E-state index in [1.165, 1.54) is 0 Å². The van der Waals surface area contributed by atoms with Crippen LogP contribution < -0.4 is 10.2 Å². The van der Waals surface area contributed by atoms with E-state index in [1.54, 1.807) is 12.1 Å². The molecular formula is C25H19BO3. The van der Waals surface area contributed by atoms with Crippen LogP contribution >= 0.6 is 0 Å². The van der Waals surface area contributed by atoms with Crippen molar-refractivity contribution < 1.29 is 14.8 Å². The molecular weight excluding hydrogens is 359 g/mol. The summed E-state index contributed by atoms with van der Waals surface area (Å²) < 4.78 is 6.26. The average molecular weight is 378 g/mol. The van der Waals surface area contributed by atoms with Crippen molar-refractivity contribution in [2.24, 2.45) is 0 Å².